The van der Waals surface area contributed by atoms with Gasteiger partial charge in [-0.25, -0.2) is 4.79 Å². The molecule has 1 heterocycles. The summed E-state index contributed by atoms with van der Waals surface area (Å²) in [5.74, 6) is -0.747. The van der Waals surface area contributed by atoms with E-state index in [9.17, 15) is 14.2 Å². The van der Waals surface area contributed by atoms with Gasteiger partial charge in [-0.05, 0) is 31.4 Å². The average molecular weight is 486 g/mol. The highest BCUT2D eigenvalue weighted by molar-refractivity contribution is 9.10. The summed E-state index contributed by atoms with van der Waals surface area (Å²) in [7, 11) is -0.878. The number of rotatable bonds is 9. The number of hydrogen-bond acceptors (Lipinski definition) is 8. The number of halogens is 1. The van der Waals surface area contributed by atoms with Gasteiger partial charge in [-0.3, -0.25) is 9.36 Å². The van der Waals surface area contributed by atoms with Crippen molar-refractivity contribution in [2.45, 2.75) is 31.8 Å². The van der Waals surface area contributed by atoms with E-state index in [2.05, 4.69) is 21.1 Å². The Morgan fingerprint density at radius 2 is 1.97 bits per heavy atom. The Kier molecular flexibility index (Phi) is 6.73. The molecule has 0 amide bonds. The minimum Gasteiger partial charge on any atom is -0.461 e. The number of carbonyl (C=O) groups excluding carboxylic acids is 2. The molecule has 3 rings (SSSR count). The molecule has 0 radical (unpaired) electrons. The van der Waals surface area contributed by atoms with Gasteiger partial charge in [-0.1, -0.05) is 33.2 Å². The van der Waals surface area contributed by atoms with E-state index in [4.69, 9.17) is 18.3 Å². The fraction of sp³-hybridized carbons (Fsp3) is 0.421. The summed E-state index contributed by atoms with van der Waals surface area (Å²) in [6, 6.07) is 5.00. The van der Waals surface area contributed by atoms with Crippen molar-refractivity contribution >= 4 is 35.3 Å². The minimum atomic E-state index is -3.45. The number of aromatic nitrogens is 1. The maximum atomic E-state index is 13.5. The molecule has 0 bridgehead atoms. The van der Waals surface area contributed by atoms with Crippen molar-refractivity contribution in [2.24, 2.45) is 0 Å². The molecular weight excluding hydrogens is 465 g/mol. The molecule has 0 unspecified atom stereocenters. The van der Waals surface area contributed by atoms with Gasteiger partial charge in [-0.15, -0.1) is 0 Å². The van der Waals surface area contributed by atoms with Gasteiger partial charge in [-0.2, -0.15) is 0 Å². The van der Waals surface area contributed by atoms with Crippen LogP contribution in [0.1, 0.15) is 63.4 Å². The quantitative estimate of drug-likeness (QED) is 0.285. The normalized spacial score (nSPS) is 14.1. The molecule has 156 valence electrons. The first kappa shape index (κ1) is 21.9. The minimum absolute atomic E-state index is 0.0456. The van der Waals surface area contributed by atoms with E-state index in [1.54, 1.807) is 25.1 Å². The second-order valence-electron chi connectivity index (χ2n) is 6.49. The second-order valence-corrected chi connectivity index (χ2v) is 9.62. The van der Waals surface area contributed by atoms with Crippen LogP contribution < -0.4 is 0 Å². The highest BCUT2D eigenvalue weighted by Crippen LogP contribution is 2.51. The first-order valence-corrected chi connectivity index (χ1v) is 11.6. The van der Waals surface area contributed by atoms with Crippen LogP contribution in [0.4, 0.5) is 0 Å². The van der Waals surface area contributed by atoms with E-state index in [1.165, 1.54) is 14.2 Å². The van der Waals surface area contributed by atoms with Crippen LogP contribution in [-0.4, -0.2) is 37.7 Å². The molecule has 0 N–H and O–H groups in total. The van der Waals surface area contributed by atoms with Crippen LogP contribution in [0.3, 0.4) is 0 Å². The summed E-state index contributed by atoms with van der Waals surface area (Å²) in [6.07, 6.45) is 1.58. The number of ketones is 1. The first-order valence-electron chi connectivity index (χ1n) is 9.04. The summed E-state index contributed by atoms with van der Waals surface area (Å²) >= 11 is 3.41. The molecule has 1 aromatic carbocycles. The molecule has 0 atom stereocenters. The van der Waals surface area contributed by atoms with Crippen LogP contribution >= 0.6 is 23.5 Å². The van der Waals surface area contributed by atoms with E-state index < -0.39 is 19.3 Å². The Bertz CT molecular complexity index is 975. The molecule has 0 saturated heterocycles. The van der Waals surface area contributed by atoms with Crippen molar-refractivity contribution in [1.82, 2.24) is 5.16 Å². The number of carbonyl (C=O) groups is 2. The lowest BCUT2D eigenvalue weighted by molar-refractivity contribution is 0.0512. The highest BCUT2D eigenvalue weighted by atomic mass is 79.9. The first-order chi connectivity index (χ1) is 13.8. The molecule has 0 spiro atoms. The maximum Gasteiger partial charge on any atom is 0.361 e. The number of esters is 1. The second kappa shape index (κ2) is 8.92. The average Bonchev–Trinajstić information content (AvgIpc) is 3.47. The zero-order valence-electron chi connectivity index (χ0n) is 16.3. The number of benzene rings is 1. The van der Waals surface area contributed by atoms with Crippen LogP contribution in [-0.2, 0) is 24.5 Å². The fourth-order valence-corrected chi connectivity index (χ4v) is 4.81. The van der Waals surface area contributed by atoms with Gasteiger partial charge < -0.3 is 18.3 Å². The zero-order valence-corrected chi connectivity index (χ0v) is 18.7. The van der Waals surface area contributed by atoms with Gasteiger partial charge in [0.15, 0.2) is 11.5 Å². The van der Waals surface area contributed by atoms with E-state index in [0.29, 0.717) is 15.8 Å². The van der Waals surface area contributed by atoms with Crippen molar-refractivity contribution in [3.8, 4) is 0 Å². The summed E-state index contributed by atoms with van der Waals surface area (Å²) in [4.78, 5) is 25.9. The summed E-state index contributed by atoms with van der Waals surface area (Å²) < 4.78 is 33.7. The lowest BCUT2D eigenvalue weighted by Gasteiger charge is -2.17. The Morgan fingerprint density at radius 3 is 2.55 bits per heavy atom. The predicted octanol–water partition coefficient (Wildman–Crippen LogP) is 4.71. The van der Waals surface area contributed by atoms with Gasteiger partial charge >= 0.3 is 13.6 Å². The summed E-state index contributed by atoms with van der Waals surface area (Å²) in [6.45, 7) is 1.81. The molecule has 1 aliphatic rings. The van der Waals surface area contributed by atoms with Crippen LogP contribution in [0.2, 0.25) is 0 Å². The molecule has 0 aliphatic heterocycles. The predicted molar refractivity (Wildman–Crippen MR) is 107 cm³/mol. The molecule has 1 aliphatic carbocycles. The Morgan fingerprint density at radius 1 is 1.28 bits per heavy atom. The molecule has 8 nitrogen and oxygen atoms in total. The third-order valence-corrected chi connectivity index (χ3v) is 7.19. The molecule has 1 aromatic heterocycles. The Hall–Kier alpha value is -1.80. The van der Waals surface area contributed by atoms with Crippen LogP contribution in [0.25, 0.3) is 0 Å². The lowest BCUT2D eigenvalue weighted by Crippen LogP contribution is -2.15. The molecule has 1 fully saturated rings. The third-order valence-electron chi connectivity index (χ3n) is 4.63. The van der Waals surface area contributed by atoms with Gasteiger partial charge in [0, 0.05) is 30.2 Å². The summed E-state index contributed by atoms with van der Waals surface area (Å²) in [5.41, 5.74) is 0.646. The molecular formula is C19H21BrNO7P. The number of nitrogens with zero attached hydrogens (tertiary/aromatic N) is 1. The SMILES string of the molecule is CCOC(=O)c1noc(C2CC2)c1C(=O)c1cccc(Br)c1CP(=O)(OC)OC. The van der Waals surface area contributed by atoms with Crippen molar-refractivity contribution in [3.63, 3.8) is 0 Å². The van der Waals surface area contributed by atoms with Gasteiger partial charge in [0.2, 0.25) is 5.69 Å². The number of ether oxygens (including phenoxy) is 1. The van der Waals surface area contributed by atoms with E-state index in [0.717, 1.165) is 12.8 Å². The van der Waals surface area contributed by atoms with E-state index >= 15 is 0 Å². The van der Waals surface area contributed by atoms with Crippen LogP contribution in [0.5, 0.6) is 0 Å². The lowest BCUT2D eigenvalue weighted by atomic mass is 9.96. The molecule has 2 aromatic rings. The highest BCUT2D eigenvalue weighted by Gasteiger charge is 2.38. The van der Waals surface area contributed by atoms with Gasteiger partial charge in [0.1, 0.15) is 5.56 Å². The van der Waals surface area contributed by atoms with E-state index in [1.807, 2.05) is 0 Å². The molecule has 29 heavy (non-hydrogen) atoms. The van der Waals surface area contributed by atoms with Crippen LogP contribution in [0, 0.1) is 0 Å². The van der Waals surface area contributed by atoms with Crippen molar-refractivity contribution < 1.29 is 32.5 Å². The summed E-state index contributed by atoms with van der Waals surface area (Å²) in [5, 5.41) is 3.82. The maximum absolute atomic E-state index is 13.5. The third kappa shape index (κ3) is 4.53. The monoisotopic (exact) mass is 485 g/mol. The molecule has 10 heteroatoms. The van der Waals surface area contributed by atoms with Crippen molar-refractivity contribution in [1.29, 1.82) is 0 Å². The number of hydrogen-bond donors (Lipinski definition) is 0. The molecule has 1 saturated carbocycles. The van der Waals surface area contributed by atoms with E-state index in [-0.39, 0.29) is 35.5 Å². The van der Waals surface area contributed by atoms with Crippen LogP contribution in [0.15, 0.2) is 27.2 Å². The van der Waals surface area contributed by atoms with Gasteiger partial charge in [0.25, 0.3) is 0 Å². The standard InChI is InChI=1S/C19H21BrNO7P/c1-4-27-19(23)16-15(18(28-21-16)11-8-9-11)17(22)12-6-5-7-14(20)13(12)10-29(24,25-2)26-3/h5-7,11H,4,8-10H2,1-3H3. The fourth-order valence-electron chi connectivity index (χ4n) is 2.95. The topological polar surface area (TPSA) is 105 Å². The largest absolute Gasteiger partial charge is 0.461 e. The smallest absolute Gasteiger partial charge is 0.361 e. The zero-order chi connectivity index (χ0) is 21.2. The van der Waals surface area contributed by atoms with Crippen molar-refractivity contribution in [3.05, 3.63) is 50.8 Å². The Balaban J connectivity index is 2.10. The Labute approximate surface area is 176 Å². The van der Waals surface area contributed by atoms with Gasteiger partial charge in [0.05, 0.1) is 12.8 Å². The van der Waals surface area contributed by atoms with Crippen molar-refractivity contribution in [2.75, 3.05) is 20.8 Å².